The van der Waals surface area contributed by atoms with Gasteiger partial charge in [-0.25, -0.2) is 5.06 Å². The summed E-state index contributed by atoms with van der Waals surface area (Å²) in [6.07, 6.45) is 0. The molecule has 3 aromatic carbocycles. The summed E-state index contributed by atoms with van der Waals surface area (Å²) in [6, 6.07) is 20.3. The Morgan fingerprint density at radius 1 is 1.00 bits per heavy atom. The predicted molar refractivity (Wildman–Crippen MR) is 104 cm³/mol. The first-order valence-corrected chi connectivity index (χ1v) is 8.54. The maximum atomic E-state index is 12.5. The van der Waals surface area contributed by atoms with Crippen LogP contribution >= 0.6 is 0 Å². The van der Waals surface area contributed by atoms with E-state index in [9.17, 15) is 4.79 Å². The molecule has 134 valence electrons. The number of amides is 1. The van der Waals surface area contributed by atoms with Crippen LogP contribution in [0.4, 0.5) is 0 Å². The minimum Gasteiger partial charge on any atom is -0.497 e. The van der Waals surface area contributed by atoms with Crippen molar-refractivity contribution in [3.8, 4) is 16.9 Å². The summed E-state index contributed by atoms with van der Waals surface area (Å²) in [7, 11) is 4.79. The Balaban J connectivity index is 2.19. The fourth-order valence-electron chi connectivity index (χ4n) is 3.10. The highest BCUT2D eigenvalue weighted by Gasteiger charge is 2.21. The van der Waals surface area contributed by atoms with Crippen molar-refractivity contribution in [3.63, 3.8) is 0 Å². The van der Waals surface area contributed by atoms with Crippen LogP contribution < -0.4 is 4.74 Å². The van der Waals surface area contributed by atoms with Crippen molar-refractivity contribution in [2.24, 2.45) is 0 Å². The number of benzene rings is 3. The Labute approximate surface area is 153 Å². The number of fused-ring (bicyclic) bond motifs is 1. The Morgan fingerprint density at radius 2 is 1.73 bits per heavy atom. The number of carbonyl (C=O) groups excluding carboxylic acids is 1. The quantitative estimate of drug-likeness (QED) is 0.630. The van der Waals surface area contributed by atoms with Crippen molar-refractivity contribution in [2.45, 2.75) is 12.8 Å². The van der Waals surface area contributed by atoms with Crippen LogP contribution in [0.5, 0.6) is 5.75 Å². The molecule has 0 aliphatic carbocycles. The van der Waals surface area contributed by atoms with Crippen LogP contribution in [0.2, 0.25) is 0 Å². The zero-order chi connectivity index (χ0) is 18.7. The molecule has 3 aromatic rings. The molecule has 0 aliphatic rings. The largest absolute Gasteiger partial charge is 0.497 e. The van der Waals surface area contributed by atoms with E-state index >= 15 is 0 Å². The van der Waals surface area contributed by atoms with Crippen molar-refractivity contribution >= 4 is 16.7 Å². The smallest absolute Gasteiger partial charge is 0.253 e. The highest BCUT2D eigenvalue weighted by molar-refractivity contribution is 5.99. The third-order valence-electron chi connectivity index (χ3n) is 4.72. The van der Waals surface area contributed by atoms with E-state index in [0.717, 1.165) is 33.2 Å². The van der Waals surface area contributed by atoms with Gasteiger partial charge in [0.1, 0.15) is 5.75 Å². The highest BCUT2D eigenvalue weighted by Crippen LogP contribution is 2.35. The molecule has 3 rings (SSSR count). The third kappa shape index (κ3) is 3.41. The molecule has 0 unspecified atom stereocenters. The summed E-state index contributed by atoms with van der Waals surface area (Å²) in [6.45, 7) is 1.90. The summed E-state index contributed by atoms with van der Waals surface area (Å²) in [5.41, 5.74) is 3.14. The van der Waals surface area contributed by atoms with Gasteiger partial charge in [0.25, 0.3) is 5.91 Å². The summed E-state index contributed by atoms with van der Waals surface area (Å²) in [5, 5.41) is 3.44. The Bertz CT molecular complexity index is 921. The van der Waals surface area contributed by atoms with E-state index in [1.54, 1.807) is 14.2 Å². The Hall–Kier alpha value is -2.85. The van der Waals surface area contributed by atoms with Crippen LogP contribution in [0.3, 0.4) is 0 Å². The molecule has 4 nitrogen and oxygen atoms in total. The fraction of sp³-hybridized carbons (Fsp3) is 0.227. The first-order valence-electron chi connectivity index (χ1n) is 8.54. The van der Waals surface area contributed by atoms with Crippen LogP contribution in [0.25, 0.3) is 21.9 Å². The summed E-state index contributed by atoms with van der Waals surface area (Å²) < 4.78 is 5.40. The first kappa shape index (κ1) is 18.0. The van der Waals surface area contributed by atoms with Crippen LogP contribution in [0.15, 0.2) is 60.7 Å². The van der Waals surface area contributed by atoms with Crippen LogP contribution in [-0.2, 0) is 9.63 Å². The molecule has 0 aliphatic heterocycles. The zero-order valence-electron chi connectivity index (χ0n) is 15.5. The van der Waals surface area contributed by atoms with Gasteiger partial charge in [-0.15, -0.1) is 0 Å². The summed E-state index contributed by atoms with van der Waals surface area (Å²) in [5.74, 6) is 0.416. The molecule has 0 radical (unpaired) electrons. The van der Waals surface area contributed by atoms with Crippen molar-refractivity contribution < 1.29 is 14.4 Å². The summed E-state index contributed by atoms with van der Waals surface area (Å²) in [4.78, 5) is 17.6. The van der Waals surface area contributed by atoms with Crippen molar-refractivity contribution in [2.75, 3.05) is 21.3 Å². The molecule has 26 heavy (non-hydrogen) atoms. The average molecular weight is 349 g/mol. The molecule has 1 amide bonds. The first-order chi connectivity index (χ1) is 12.5. The molecule has 1 atom stereocenters. The lowest BCUT2D eigenvalue weighted by Crippen LogP contribution is -2.29. The summed E-state index contributed by atoms with van der Waals surface area (Å²) >= 11 is 0. The minimum absolute atomic E-state index is 0.0839. The lowest BCUT2D eigenvalue weighted by molar-refractivity contribution is -0.170. The van der Waals surface area contributed by atoms with Gasteiger partial charge in [0.15, 0.2) is 0 Å². The minimum atomic E-state index is -0.311. The number of rotatable bonds is 5. The molecule has 0 bridgehead atoms. The van der Waals surface area contributed by atoms with Gasteiger partial charge in [0.05, 0.1) is 20.1 Å². The van der Waals surface area contributed by atoms with Crippen molar-refractivity contribution in [3.05, 3.63) is 66.2 Å². The Morgan fingerprint density at radius 3 is 2.38 bits per heavy atom. The van der Waals surface area contributed by atoms with Gasteiger partial charge >= 0.3 is 0 Å². The molecule has 4 heteroatoms. The standard InChI is InChI=1S/C22H23NO3/c1-15(22(24)23(2)26-4)18-12-17-10-11-19(25-3)14-21(17)20(13-18)16-8-6-5-7-9-16/h5-15H,1-4H3/t15-/m0/s1. The van der Waals surface area contributed by atoms with E-state index in [1.807, 2.05) is 43.3 Å². The van der Waals surface area contributed by atoms with Crippen molar-refractivity contribution in [1.29, 1.82) is 0 Å². The topological polar surface area (TPSA) is 38.8 Å². The van der Waals surface area contributed by atoms with Crippen LogP contribution in [0, 0.1) is 0 Å². The van der Waals surface area contributed by atoms with Gasteiger partial charge in [-0.3, -0.25) is 9.63 Å². The number of hydrogen-bond acceptors (Lipinski definition) is 3. The monoisotopic (exact) mass is 349 g/mol. The maximum absolute atomic E-state index is 12.5. The molecular weight excluding hydrogens is 326 g/mol. The number of nitrogens with zero attached hydrogens (tertiary/aromatic N) is 1. The van der Waals surface area contributed by atoms with E-state index in [0.29, 0.717) is 0 Å². The van der Waals surface area contributed by atoms with Gasteiger partial charge < -0.3 is 4.74 Å². The molecule has 0 fully saturated rings. The average Bonchev–Trinajstić information content (AvgIpc) is 2.71. The number of hydroxylamine groups is 2. The second kappa shape index (κ2) is 7.58. The number of methoxy groups -OCH3 is 1. The number of hydrogen-bond donors (Lipinski definition) is 0. The van der Waals surface area contributed by atoms with E-state index in [4.69, 9.17) is 9.57 Å². The number of likely N-dealkylation sites (N-methyl/N-ethyl adjacent to an activating group) is 1. The molecule has 0 saturated heterocycles. The van der Waals surface area contributed by atoms with Gasteiger partial charge in [-0.1, -0.05) is 42.5 Å². The normalized spacial score (nSPS) is 12.0. The zero-order valence-corrected chi connectivity index (χ0v) is 15.5. The second-order valence-corrected chi connectivity index (χ2v) is 6.26. The van der Waals surface area contributed by atoms with E-state index in [1.165, 1.54) is 12.2 Å². The van der Waals surface area contributed by atoms with Gasteiger partial charge in [-0.05, 0) is 52.6 Å². The van der Waals surface area contributed by atoms with Gasteiger partial charge in [-0.2, -0.15) is 0 Å². The molecule has 0 aromatic heterocycles. The van der Waals surface area contributed by atoms with Gasteiger partial charge in [0.2, 0.25) is 0 Å². The molecular formula is C22H23NO3. The molecule has 0 spiro atoms. The fourth-order valence-corrected chi connectivity index (χ4v) is 3.10. The number of ether oxygens (including phenoxy) is 1. The third-order valence-corrected chi connectivity index (χ3v) is 4.72. The maximum Gasteiger partial charge on any atom is 0.253 e. The number of carbonyl (C=O) groups is 1. The van der Waals surface area contributed by atoms with Crippen LogP contribution in [0.1, 0.15) is 18.4 Å². The van der Waals surface area contributed by atoms with E-state index in [2.05, 4.69) is 24.3 Å². The van der Waals surface area contributed by atoms with Crippen LogP contribution in [-0.4, -0.2) is 32.2 Å². The Kier molecular flexibility index (Phi) is 5.24. The molecule has 0 saturated carbocycles. The molecule has 0 N–H and O–H groups in total. The van der Waals surface area contributed by atoms with Crippen molar-refractivity contribution in [1.82, 2.24) is 5.06 Å². The lowest BCUT2D eigenvalue weighted by atomic mass is 9.90. The highest BCUT2D eigenvalue weighted by atomic mass is 16.7. The van der Waals surface area contributed by atoms with E-state index in [-0.39, 0.29) is 11.8 Å². The predicted octanol–water partition coefficient (Wildman–Crippen LogP) is 4.64. The SMILES string of the molecule is COc1ccc2cc([C@H](C)C(=O)N(C)OC)cc(-c3ccccc3)c2c1. The lowest BCUT2D eigenvalue weighted by Gasteiger charge is -2.20. The molecule has 0 heterocycles. The van der Waals surface area contributed by atoms with Gasteiger partial charge in [0, 0.05) is 7.05 Å². The van der Waals surface area contributed by atoms with E-state index < -0.39 is 0 Å². The second-order valence-electron chi connectivity index (χ2n) is 6.26.